The first-order chi connectivity index (χ1) is 8.02. The molecule has 0 heterocycles. The van der Waals surface area contributed by atoms with Crippen LogP contribution in [-0.4, -0.2) is 18.5 Å². The summed E-state index contributed by atoms with van der Waals surface area (Å²) in [5.41, 5.74) is 0.461. The van der Waals surface area contributed by atoms with Crippen molar-refractivity contribution in [2.75, 3.05) is 11.9 Å². The van der Waals surface area contributed by atoms with Crippen LogP contribution in [0.4, 0.5) is 10.1 Å². The maximum atomic E-state index is 13.2. The van der Waals surface area contributed by atoms with Gasteiger partial charge in [0.2, 0.25) is 5.91 Å². The van der Waals surface area contributed by atoms with E-state index in [0.29, 0.717) is 5.69 Å². The van der Waals surface area contributed by atoms with Crippen LogP contribution in [0.3, 0.4) is 0 Å². The molecule has 0 spiro atoms. The van der Waals surface area contributed by atoms with E-state index in [1.54, 1.807) is 12.1 Å². The predicted molar refractivity (Wildman–Crippen MR) is 62.9 cm³/mol. The number of nitrogens with one attached hydrogen (secondary N) is 2. The summed E-state index contributed by atoms with van der Waals surface area (Å²) in [6.45, 7) is 3.79. The smallest absolute Gasteiger partial charge is 0.239 e. The monoisotopic (exact) mass is 235 g/mol. The summed E-state index contributed by atoms with van der Waals surface area (Å²) in [7, 11) is 0. The molecule has 0 atom stereocenters. The Morgan fingerprint density at radius 2 is 2.24 bits per heavy atom. The van der Waals surface area contributed by atoms with Crippen LogP contribution in [0.2, 0.25) is 0 Å². The van der Waals surface area contributed by atoms with Gasteiger partial charge in [0.15, 0.2) is 0 Å². The Morgan fingerprint density at radius 1 is 1.53 bits per heavy atom. The molecule has 1 rings (SSSR count). The minimum absolute atomic E-state index is 0.0119. The van der Waals surface area contributed by atoms with Gasteiger partial charge in [0, 0.05) is 11.7 Å². The summed E-state index contributed by atoms with van der Waals surface area (Å²) < 4.78 is 13.2. The van der Waals surface area contributed by atoms with E-state index in [-0.39, 0.29) is 24.1 Å². The number of halogens is 1. The zero-order valence-corrected chi connectivity index (χ0v) is 9.75. The molecule has 4 nitrogen and oxygen atoms in total. The van der Waals surface area contributed by atoms with Crippen molar-refractivity contribution in [3.8, 4) is 6.07 Å². The Kier molecular flexibility index (Phi) is 4.46. The highest BCUT2D eigenvalue weighted by molar-refractivity contribution is 5.80. The van der Waals surface area contributed by atoms with Gasteiger partial charge >= 0.3 is 0 Å². The van der Waals surface area contributed by atoms with Gasteiger partial charge < -0.3 is 10.6 Å². The second-order valence-corrected chi connectivity index (χ2v) is 3.88. The Bertz CT molecular complexity index is 452. The van der Waals surface area contributed by atoms with Gasteiger partial charge in [0.25, 0.3) is 0 Å². The fourth-order valence-electron chi connectivity index (χ4n) is 1.27. The lowest BCUT2D eigenvalue weighted by molar-refractivity contribution is -0.119. The fourth-order valence-corrected chi connectivity index (χ4v) is 1.27. The van der Waals surface area contributed by atoms with E-state index in [2.05, 4.69) is 10.6 Å². The van der Waals surface area contributed by atoms with Gasteiger partial charge in [-0.2, -0.15) is 5.26 Å². The maximum absolute atomic E-state index is 13.2. The number of rotatable bonds is 4. The van der Waals surface area contributed by atoms with Crippen molar-refractivity contribution in [1.82, 2.24) is 5.32 Å². The van der Waals surface area contributed by atoms with E-state index >= 15 is 0 Å². The molecule has 0 unspecified atom stereocenters. The van der Waals surface area contributed by atoms with E-state index in [9.17, 15) is 9.18 Å². The first-order valence-electron chi connectivity index (χ1n) is 5.26. The lowest BCUT2D eigenvalue weighted by Crippen LogP contribution is -2.34. The molecule has 0 fully saturated rings. The molecule has 2 N–H and O–H groups in total. The average molecular weight is 235 g/mol. The topological polar surface area (TPSA) is 64.9 Å². The molecule has 0 aliphatic rings. The first kappa shape index (κ1) is 13.0. The summed E-state index contributed by atoms with van der Waals surface area (Å²) >= 11 is 0. The molecule has 0 saturated heterocycles. The normalized spacial score (nSPS) is 9.82. The summed E-state index contributed by atoms with van der Waals surface area (Å²) in [6, 6.07) is 5.93. The van der Waals surface area contributed by atoms with Crippen molar-refractivity contribution in [1.29, 1.82) is 5.26 Å². The molecule has 0 aliphatic carbocycles. The van der Waals surface area contributed by atoms with Gasteiger partial charge in [-0.05, 0) is 32.0 Å². The van der Waals surface area contributed by atoms with E-state index in [4.69, 9.17) is 5.26 Å². The highest BCUT2D eigenvalue weighted by Gasteiger charge is 2.05. The first-order valence-corrected chi connectivity index (χ1v) is 5.26. The van der Waals surface area contributed by atoms with Crippen molar-refractivity contribution in [3.05, 3.63) is 29.6 Å². The van der Waals surface area contributed by atoms with Crippen LogP contribution in [0.25, 0.3) is 0 Å². The largest absolute Gasteiger partial charge is 0.376 e. The summed E-state index contributed by atoms with van der Waals surface area (Å²) in [4.78, 5) is 11.3. The molecule has 0 aliphatic heterocycles. The Morgan fingerprint density at radius 3 is 2.76 bits per heavy atom. The third-order valence-electron chi connectivity index (χ3n) is 1.99. The van der Waals surface area contributed by atoms with E-state index in [1.165, 1.54) is 12.1 Å². The molecule has 17 heavy (non-hydrogen) atoms. The van der Waals surface area contributed by atoms with Crippen LogP contribution in [0.5, 0.6) is 0 Å². The summed E-state index contributed by atoms with van der Waals surface area (Å²) in [5, 5.41) is 14.0. The number of amides is 1. The van der Waals surface area contributed by atoms with Crippen molar-refractivity contribution in [3.63, 3.8) is 0 Å². The zero-order valence-electron chi connectivity index (χ0n) is 9.75. The SMILES string of the molecule is CC(C)NC(=O)CNc1ccc(C#N)c(F)c1. The van der Waals surface area contributed by atoms with E-state index < -0.39 is 5.82 Å². The van der Waals surface area contributed by atoms with Crippen LogP contribution in [0.15, 0.2) is 18.2 Å². The van der Waals surface area contributed by atoms with Crippen molar-refractivity contribution in [2.24, 2.45) is 0 Å². The second kappa shape index (κ2) is 5.85. The molecule has 5 heteroatoms. The number of carbonyl (C=O) groups excluding carboxylic acids is 1. The van der Waals surface area contributed by atoms with Crippen LogP contribution in [0.1, 0.15) is 19.4 Å². The van der Waals surface area contributed by atoms with Gasteiger partial charge in [0.1, 0.15) is 11.9 Å². The van der Waals surface area contributed by atoms with Gasteiger partial charge in [-0.1, -0.05) is 0 Å². The van der Waals surface area contributed by atoms with Gasteiger partial charge in [-0.25, -0.2) is 4.39 Å². The highest BCUT2D eigenvalue weighted by atomic mass is 19.1. The molecular weight excluding hydrogens is 221 g/mol. The average Bonchev–Trinajstić information content (AvgIpc) is 2.25. The minimum atomic E-state index is -0.596. The standard InChI is InChI=1S/C12H14FN3O/c1-8(2)16-12(17)7-15-10-4-3-9(6-14)11(13)5-10/h3-5,8,15H,7H2,1-2H3,(H,16,17). The molecular formula is C12H14FN3O. The highest BCUT2D eigenvalue weighted by Crippen LogP contribution is 2.13. The third-order valence-corrected chi connectivity index (χ3v) is 1.99. The van der Waals surface area contributed by atoms with Crippen molar-refractivity contribution < 1.29 is 9.18 Å². The predicted octanol–water partition coefficient (Wildman–Crippen LogP) is 1.63. The number of hydrogen-bond acceptors (Lipinski definition) is 3. The number of carbonyl (C=O) groups is 1. The number of anilines is 1. The molecule has 0 radical (unpaired) electrons. The maximum Gasteiger partial charge on any atom is 0.239 e. The molecule has 0 bridgehead atoms. The van der Waals surface area contributed by atoms with Gasteiger partial charge in [0.05, 0.1) is 12.1 Å². The lowest BCUT2D eigenvalue weighted by Gasteiger charge is -2.10. The number of benzene rings is 1. The van der Waals surface area contributed by atoms with E-state index in [0.717, 1.165) is 0 Å². The number of nitrogens with zero attached hydrogens (tertiary/aromatic N) is 1. The Balaban J connectivity index is 2.56. The molecule has 1 aromatic rings. The second-order valence-electron chi connectivity index (χ2n) is 3.88. The van der Waals surface area contributed by atoms with Crippen LogP contribution in [0, 0.1) is 17.1 Å². The summed E-state index contributed by atoms with van der Waals surface area (Å²) in [6.07, 6.45) is 0. The van der Waals surface area contributed by atoms with Gasteiger partial charge in [-0.15, -0.1) is 0 Å². The lowest BCUT2D eigenvalue weighted by atomic mass is 10.2. The molecule has 0 saturated carbocycles. The van der Waals surface area contributed by atoms with E-state index in [1.807, 2.05) is 13.8 Å². The number of hydrogen-bond donors (Lipinski definition) is 2. The summed E-state index contributed by atoms with van der Waals surface area (Å²) in [5.74, 6) is -0.758. The molecule has 90 valence electrons. The fraction of sp³-hybridized carbons (Fsp3) is 0.333. The Hall–Kier alpha value is -2.09. The molecule has 1 amide bonds. The van der Waals surface area contributed by atoms with Crippen LogP contribution in [-0.2, 0) is 4.79 Å². The van der Waals surface area contributed by atoms with Crippen molar-refractivity contribution >= 4 is 11.6 Å². The van der Waals surface area contributed by atoms with Gasteiger partial charge in [-0.3, -0.25) is 4.79 Å². The molecule has 1 aromatic carbocycles. The van der Waals surface area contributed by atoms with Crippen molar-refractivity contribution in [2.45, 2.75) is 19.9 Å². The quantitative estimate of drug-likeness (QED) is 0.833. The Labute approximate surface area is 99.4 Å². The number of nitriles is 1. The van der Waals surface area contributed by atoms with Crippen LogP contribution < -0.4 is 10.6 Å². The third kappa shape index (κ3) is 4.11. The van der Waals surface area contributed by atoms with Crippen LogP contribution >= 0.6 is 0 Å². The zero-order chi connectivity index (χ0) is 12.8. The molecule has 0 aromatic heterocycles. The minimum Gasteiger partial charge on any atom is -0.376 e.